The van der Waals surface area contributed by atoms with Gasteiger partial charge in [0.15, 0.2) is 5.13 Å². The maximum atomic E-state index is 12.2. The number of hydrogen-bond donors (Lipinski definition) is 2. The maximum absolute atomic E-state index is 12.2. The standard InChI is InChI=1S/C17H21N5OS/c1-3-11(2)8-13(18)16(23)20-12-4-5-14-15(9-12)24-17(21-14)22-7-6-19-10-22/h4-7,9-11,13H,3,8,18H2,1-2H3,(H,20,23). The van der Waals surface area contributed by atoms with Crippen molar-refractivity contribution in [3.05, 3.63) is 36.9 Å². The van der Waals surface area contributed by atoms with Crippen LogP contribution in [0.15, 0.2) is 36.9 Å². The Morgan fingerprint density at radius 3 is 3.00 bits per heavy atom. The molecule has 2 heterocycles. The largest absolute Gasteiger partial charge is 0.325 e. The van der Waals surface area contributed by atoms with E-state index >= 15 is 0 Å². The van der Waals surface area contributed by atoms with E-state index in [-0.39, 0.29) is 5.91 Å². The summed E-state index contributed by atoms with van der Waals surface area (Å²) in [6.45, 7) is 4.21. The molecule has 7 heteroatoms. The van der Waals surface area contributed by atoms with Crippen LogP contribution in [0.5, 0.6) is 0 Å². The molecular weight excluding hydrogens is 322 g/mol. The molecule has 0 spiro atoms. The minimum atomic E-state index is -0.487. The number of nitrogens with two attached hydrogens (primary N) is 1. The number of nitrogens with one attached hydrogen (secondary N) is 1. The highest BCUT2D eigenvalue weighted by atomic mass is 32.1. The van der Waals surface area contributed by atoms with Gasteiger partial charge in [0.2, 0.25) is 5.91 Å². The molecule has 0 saturated heterocycles. The number of carbonyl (C=O) groups excluding carboxylic acids is 1. The van der Waals surface area contributed by atoms with Gasteiger partial charge >= 0.3 is 0 Å². The van der Waals surface area contributed by atoms with Crippen LogP contribution in [0.1, 0.15) is 26.7 Å². The molecule has 2 unspecified atom stereocenters. The van der Waals surface area contributed by atoms with Crippen molar-refractivity contribution in [2.24, 2.45) is 11.7 Å². The van der Waals surface area contributed by atoms with Gasteiger partial charge in [-0.05, 0) is 30.5 Å². The summed E-state index contributed by atoms with van der Waals surface area (Å²) in [5.41, 5.74) is 7.63. The predicted octanol–water partition coefficient (Wildman–Crippen LogP) is 3.18. The highest BCUT2D eigenvalue weighted by Crippen LogP contribution is 2.27. The summed E-state index contributed by atoms with van der Waals surface area (Å²) in [7, 11) is 0. The first-order valence-electron chi connectivity index (χ1n) is 8.02. The third-order valence-electron chi connectivity index (χ3n) is 4.06. The molecule has 2 atom stereocenters. The van der Waals surface area contributed by atoms with Gasteiger partial charge in [-0.2, -0.15) is 0 Å². The maximum Gasteiger partial charge on any atom is 0.241 e. The Balaban J connectivity index is 1.75. The fourth-order valence-corrected chi connectivity index (χ4v) is 3.37. The number of imidazole rings is 1. The average molecular weight is 343 g/mol. The van der Waals surface area contributed by atoms with E-state index in [1.807, 2.05) is 29.0 Å². The molecule has 0 aliphatic carbocycles. The van der Waals surface area contributed by atoms with E-state index in [0.717, 1.165) is 27.5 Å². The minimum Gasteiger partial charge on any atom is -0.325 e. The Kier molecular flexibility index (Phi) is 4.92. The van der Waals surface area contributed by atoms with Crippen LogP contribution in [0.4, 0.5) is 5.69 Å². The Labute approximate surface area is 144 Å². The van der Waals surface area contributed by atoms with Crippen LogP contribution < -0.4 is 11.1 Å². The van der Waals surface area contributed by atoms with E-state index in [0.29, 0.717) is 12.3 Å². The van der Waals surface area contributed by atoms with Gasteiger partial charge in [0.1, 0.15) is 6.33 Å². The Morgan fingerprint density at radius 2 is 2.29 bits per heavy atom. The van der Waals surface area contributed by atoms with Crippen molar-refractivity contribution in [3.8, 4) is 5.13 Å². The number of nitrogens with zero attached hydrogens (tertiary/aromatic N) is 3. The normalized spacial score (nSPS) is 13.8. The second-order valence-corrected chi connectivity index (χ2v) is 7.00. The topological polar surface area (TPSA) is 85.8 Å². The summed E-state index contributed by atoms with van der Waals surface area (Å²) in [4.78, 5) is 20.8. The van der Waals surface area contributed by atoms with Gasteiger partial charge in [0.25, 0.3) is 0 Å². The van der Waals surface area contributed by atoms with Gasteiger partial charge in [-0.1, -0.05) is 31.6 Å². The summed E-state index contributed by atoms with van der Waals surface area (Å²) in [5, 5.41) is 3.75. The molecule has 0 fully saturated rings. The van der Waals surface area contributed by atoms with Crippen LogP contribution in [0.2, 0.25) is 0 Å². The van der Waals surface area contributed by atoms with Crippen molar-refractivity contribution < 1.29 is 4.79 Å². The third-order valence-corrected chi connectivity index (χ3v) is 5.09. The quantitative estimate of drug-likeness (QED) is 0.720. The molecule has 126 valence electrons. The molecule has 2 aromatic heterocycles. The van der Waals surface area contributed by atoms with Crippen LogP contribution >= 0.6 is 11.3 Å². The molecule has 0 saturated carbocycles. The van der Waals surface area contributed by atoms with Crippen LogP contribution in [-0.4, -0.2) is 26.5 Å². The summed E-state index contributed by atoms with van der Waals surface area (Å²) < 4.78 is 2.87. The van der Waals surface area contributed by atoms with E-state index in [4.69, 9.17) is 5.73 Å². The first-order chi connectivity index (χ1) is 11.6. The van der Waals surface area contributed by atoms with Gasteiger partial charge in [0, 0.05) is 18.1 Å². The Hall–Kier alpha value is -2.25. The molecule has 3 rings (SSSR count). The third kappa shape index (κ3) is 3.63. The first-order valence-corrected chi connectivity index (χ1v) is 8.84. The van der Waals surface area contributed by atoms with Crippen molar-refractivity contribution in [1.29, 1.82) is 0 Å². The summed E-state index contributed by atoms with van der Waals surface area (Å²) >= 11 is 1.55. The SMILES string of the molecule is CCC(C)CC(N)C(=O)Nc1ccc2nc(-n3ccnc3)sc2c1. The number of rotatable bonds is 6. The molecule has 1 amide bonds. The average Bonchev–Trinajstić information content (AvgIpc) is 3.23. The predicted molar refractivity (Wildman–Crippen MR) is 97.4 cm³/mol. The minimum absolute atomic E-state index is 0.144. The number of benzene rings is 1. The van der Waals surface area contributed by atoms with Crippen molar-refractivity contribution in [2.75, 3.05) is 5.32 Å². The van der Waals surface area contributed by atoms with Crippen molar-refractivity contribution >= 4 is 33.1 Å². The van der Waals surface area contributed by atoms with Gasteiger partial charge in [-0.15, -0.1) is 0 Å². The van der Waals surface area contributed by atoms with Crippen molar-refractivity contribution in [1.82, 2.24) is 14.5 Å². The number of fused-ring (bicyclic) bond motifs is 1. The van der Waals surface area contributed by atoms with Crippen LogP contribution in [0, 0.1) is 5.92 Å². The van der Waals surface area contributed by atoms with Gasteiger partial charge in [0.05, 0.1) is 16.3 Å². The lowest BCUT2D eigenvalue weighted by Crippen LogP contribution is -2.36. The highest BCUT2D eigenvalue weighted by Gasteiger charge is 2.16. The summed E-state index contributed by atoms with van der Waals surface area (Å²) in [5.74, 6) is 0.293. The molecular formula is C17H21N5OS. The number of thiazole rings is 1. The highest BCUT2D eigenvalue weighted by molar-refractivity contribution is 7.20. The summed E-state index contributed by atoms with van der Waals surface area (Å²) in [6, 6.07) is 5.20. The fourth-order valence-electron chi connectivity index (χ4n) is 2.42. The number of amides is 1. The van der Waals surface area contributed by atoms with Crippen LogP contribution in [0.3, 0.4) is 0 Å². The van der Waals surface area contributed by atoms with Gasteiger partial charge in [-0.25, -0.2) is 9.97 Å². The lowest BCUT2D eigenvalue weighted by Gasteiger charge is -2.15. The molecule has 0 bridgehead atoms. The number of hydrogen-bond acceptors (Lipinski definition) is 5. The zero-order chi connectivity index (χ0) is 17.1. The van der Waals surface area contributed by atoms with Crippen molar-refractivity contribution in [2.45, 2.75) is 32.7 Å². The summed E-state index contributed by atoms with van der Waals surface area (Å²) in [6.07, 6.45) is 7.00. The second kappa shape index (κ2) is 7.11. The lowest BCUT2D eigenvalue weighted by atomic mass is 9.99. The first kappa shape index (κ1) is 16.6. The van der Waals surface area contributed by atoms with Gasteiger partial charge in [-0.3, -0.25) is 9.36 Å². The molecule has 1 aromatic carbocycles. The van der Waals surface area contributed by atoms with E-state index in [1.54, 1.807) is 23.9 Å². The smallest absolute Gasteiger partial charge is 0.241 e. The molecule has 0 radical (unpaired) electrons. The molecule has 6 nitrogen and oxygen atoms in total. The van der Waals surface area contributed by atoms with Gasteiger partial charge < -0.3 is 11.1 Å². The van der Waals surface area contributed by atoms with E-state index in [2.05, 4.69) is 29.1 Å². The Bertz CT molecular complexity index is 827. The number of aromatic nitrogens is 3. The van der Waals surface area contributed by atoms with E-state index in [9.17, 15) is 4.79 Å². The van der Waals surface area contributed by atoms with Crippen LogP contribution in [0.25, 0.3) is 15.3 Å². The van der Waals surface area contributed by atoms with Crippen LogP contribution in [-0.2, 0) is 4.79 Å². The second-order valence-electron chi connectivity index (χ2n) is 5.99. The zero-order valence-electron chi connectivity index (χ0n) is 13.8. The molecule has 0 aliphatic rings. The zero-order valence-corrected chi connectivity index (χ0v) is 14.6. The fraction of sp³-hybridized carbons (Fsp3) is 0.353. The molecule has 3 aromatic rings. The molecule has 0 aliphatic heterocycles. The van der Waals surface area contributed by atoms with E-state index in [1.165, 1.54) is 0 Å². The van der Waals surface area contributed by atoms with Crippen molar-refractivity contribution in [3.63, 3.8) is 0 Å². The monoisotopic (exact) mass is 343 g/mol. The number of anilines is 1. The lowest BCUT2D eigenvalue weighted by molar-refractivity contribution is -0.117. The number of carbonyl (C=O) groups is 1. The Morgan fingerprint density at radius 1 is 1.46 bits per heavy atom. The van der Waals surface area contributed by atoms with E-state index < -0.39 is 6.04 Å². The molecule has 24 heavy (non-hydrogen) atoms. The molecule has 3 N–H and O–H groups in total.